The summed E-state index contributed by atoms with van der Waals surface area (Å²) in [5.74, 6) is 0. The van der Waals surface area contributed by atoms with Gasteiger partial charge in [-0.15, -0.1) is 11.3 Å². The van der Waals surface area contributed by atoms with Crippen LogP contribution in [-0.4, -0.2) is 56.2 Å². The Morgan fingerprint density at radius 1 is 1.25 bits per heavy atom. The van der Waals surface area contributed by atoms with Crippen molar-refractivity contribution in [3.63, 3.8) is 0 Å². The van der Waals surface area contributed by atoms with Crippen LogP contribution in [0.4, 0.5) is 4.79 Å². The number of hydrogen-bond acceptors (Lipinski definition) is 5. The molecule has 0 saturated carbocycles. The minimum Gasteiger partial charge on any atom is -0.332 e. The first-order chi connectivity index (χ1) is 17.5. The number of thiophene rings is 1. The molecular formula is C28H32N6OS. The number of carbonyl (C=O) groups excluding carboxylic acids is 1. The first-order valence-electron chi connectivity index (χ1n) is 12.7. The van der Waals surface area contributed by atoms with E-state index in [9.17, 15) is 4.79 Å². The average Bonchev–Trinajstić information content (AvgIpc) is 3.48. The predicted molar refractivity (Wildman–Crippen MR) is 144 cm³/mol. The van der Waals surface area contributed by atoms with Gasteiger partial charge in [0.15, 0.2) is 0 Å². The lowest BCUT2D eigenvalue weighted by molar-refractivity contribution is 0.119. The highest BCUT2D eigenvalue weighted by Crippen LogP contribution is 2.31. The second-order valence-electron chi connectivity index (χ2n) is 10.4. The fourth-order valence-electron chi connectivity index (χ4n) is 5.71. The number of pyridine rings is 1. The summed E-state index contributed by atoms with van der Waals surface area (Å²) >= 11 is 1.81. The topological polar surface area (TPSA) is 77.2 Å². The second kappa shape index (κ2) is 9.33. The molecule has 1 saturated heterocycles. The lowest BCUT2D eigenvalue weighted by Gasteiger charge is -2.42. The number of urea groups is 1. The second-order valence-corrected chi connectivity index (χ2v) is 11.4. The Morgan fingerprint density at radius 2 is 2.14 bits per heavy atom. The highest BCUT2D eigenvalue weighted by molar-refractivity contribution is 7.17. The maximum Gasteiger partial charge on any atom is 0.318 e. The molecule has 6 rings (SSSR count). The minimum absolute atomic E-state index is 0.0176. The Balaban J connectivity index is 1.13. The molecule has 3 aromatic heterocycles. The fourth-order valence-corrected chi connectivity index (χ4v) is 6.67. The molecule has 0 spiro atoms. The van der Waals surface area contributed by atoms with Crippen molar-refractivity contribution in [2.45, 2.75) is 51.7 Å². The molecule has 8 heteroatoms. The zero-order valence-electron chi connectivity index (χ0n) is 20.9. The molecule has 2 aliphatic rings. The Morgan fingerprint density at radius 3 is 3.03 bits per heavy atom. The molecule has 0 radical (unpaired) electrons. The van der Waals surface area contributed by atoms with Crippen molar-refractivity contribution < 1.29 is 4.79 Å². The van der Waals surface area contributed by atoms with Gasteiger partial charge in [-0.05, 0) is 67.8 Å². The number of aromatic nitrogens is 3. The van der Waals surface area contributed by atoms with Gasteiger partial charge in [0.2, 0.25) is 0 Å². The number of nitrogens with zero attached hydrogens (tertiary/aromatic N) is 4. The van der Waals surface area contributed by atoms with Gasteiger partial charge in [0.1, 0.15) is 0 Å². The van der Waals surface area contributed by atoms with Gasteiger partial charge in [-0.2, -0.15) is 5.10 Å². The van der Waals surface area contributed by atoms with E-state index in [0.29, 0.717) is 13.1 Å². The fraction of sp³-hybridized carbons (Fsp3) is 0.393. The smallest absolute Gasteiger partial charge is 0.318 e. The maximum absolute atomic E-state index is 13.5. The van der Waals surface area contributed by atoms with Gasteiger partial charge in [-0.3, -0.25) is 15.0 Å². The molecule has 2 aliphatic heterocycles. The number of hydrogen-bond donors (Lipinski definition) is 2. The summed E-state index contributed by atoms with van der Waals surface area (Å²) in [6.07, 6.45) is 4.67. The largest absolute Gasteiger partial charge is 0.332 e. The highest BCUT2D eigenvalue weighted by Gasteiger charge is 2.35. The van der Waals surface area contributed by atoms with E-state index >= 15 is 0 Å². The van der Waals surface area contributed by atoms with Gasteiger partial charge in [0.05, 0.1) is 17.8 Å². The standard InChI is InChI=1S/C28H32N6OS/c1-19-14-20(8-11-29-19)26-23-16-34(13-9-24(23)31-32-26)27(35)30-28(2)10-5-12-33(18-28)15-21-17-36-25-7-4-3-6-22(21)25/h3-4,6-8,11,14,17H,5,9-10,12-13,15-16,18H2,1-2H3,(H,30,35)(H,31,32). The van der Waals surface area contributed by atoms with Crippen LogP contribution in [-0.2, 0) is 19.5 Å². The third kappa shape index (κ3) is 4.51. The number of benzene rings is 1. The molecule has 36 heavy (non-hydrogen) atoms. The van der Waals surface area contributed by atoms with Crippen molar-refractivity contribution in [3.05, 3.63) is 70.5 Å². The molecule has 0 aliphatic carbocycles. The van der Waals surface area contributed by atoms with Crippen molar-refractivity contribution in [2.75, 3.05) is 19.6 Å². The van der Waals surface area contributed by atoms with Crippen LogP contribution in [0.5, 0.6) is 0 Å². The predicted octanol–water partition coefficient (Wildman–Crippen LogP) is 5.12. The van der Waals surface area contributed by atoms with E-state index in [1.807, 2.05) is 41.5 Å². The van der Waals surface area contributed by atoms with Gasteiger partial charge in [0, 0.05) is 59.5 Å². The molecule has 2 N–H and O–H groups in total. The molecule has 7 nitrogen and oxygen atoms in total. The molecule has 0 bridgehead atoms. The Labute approximate surface area is 215 Å². The number of aromatic amines is 1. The summed E-state index contributed by atoms with van der Waals surface area (Å²) in [5.41, 5.74) is 6.30. The summed E-state index contributed by atoms with van der Waals surface area (Å²) < 4.78 is 1.34. The van der Waals surface area contributed by atoms with Crippen LogP contribution < -0.4 is 5.32 Å². The van der Waals surface area contributed by atoms with Gasteiger partial charge >= 0.3 is 6.03 Å². The number of fused-ring (bicyclic) bond motifs is 2. The summed E-state index contributed by atoms with van der Waals surface area (Å²) in [7, 11) is 0. The molecule has 5 heterocycles. The number of H-pyrrole nitrogens is 1. The summed E-state index contributed by atoms with van der Waals surface area (Å²) in [5, 5.41) is 14.8. The van der Waals surface area contributed by atoms with Crippen molar-refractivity contribution in [3.8, 4) is 11.3 Å². The van der Waals surface area contributed by atoms with E-state index in [-0.39, 0.29) is 11.6 Å². The number of piperidine rings is 1. The minimum atomic E-state index is -0.247. The molecule has 1 fully saturated rings. The normalized spacial score (nSPS) is 20.4. The van der Waals surface area contributed by atoms with Crippen molar-refractivity contribution in [1.29, 1.82) is 0 Å². The van der Waals surface area contributed by atoms with Gasteiger partial charge in [0.25, 0.3) is 0 Å². The molecule has 1 unspecified atom stereocenters. The van der Waals surface area contributed by atoms with Gasteiger partial charge < -0.3 is 10.2 Å². The lowest BCUT2D eigenvalue weighted by Crippen LogP contribution is -2.59. The summed E-state index contributed by atoms with van der Waals surface area (Å²) in [4.78, 5) is 22.2. The van der Waals surface area contributed by atoms with Crippen LogP contribution in [0.25, 0.3) is 21.3 Å². The van der Waals surface area contributed by atoms with Crippen LogP contribution in [0.15, 0.2) is 48.0 Å². The Hall–Kier alpha value is -3.23. The number of likely N-dealkylation sites (tertiary alicyclic amines) is 1. The van der Waals surface area contributed by atoms with Gasteiger partial charge in [-0.1, -0.05) is 18.2 Å². The molecule has 1 atom stereocenters. The average molecular weight is 501 g/mol. The van der Waals surface area contributed by atoms with E-state index in [1.165, 1.54) is 15.6 Å². The molecule has 1 aromatic carbocycles. The molecular weight excluding hydrogens is 468 g/mol. The van der Waals surface area contributed by atoms with E-state index in [1.54, 1.807) is 0 Å². The first kappa shape index (κ1) is 23.2. The van der Waals surface area contributed by atoms with Crippen LogP contribution in [0, 0.1) is 6.92 Å². The van der Waals surface area contributed by atoms with Gasteiger partial charge in [-0.25, -0.2) is 4.79 Å². The van der Waals surface area contributed by atoms with E-state index in [0.717, 1.165) is 67.1 Å². The Kier molecular flexibility index (Phi) is 6.01. The van der Waals surface area contributed by atoms with E-state index in [2.05, 4.69) is 62.0 Å². The monoisotopic (exact) mass is 500 g/mol. The van der Waals surface area contributed by atoms with Crippen LogP contribution in [0.1, 0.15) is 42.3 Å². The van der Waals surface area contributed by atoms with Crippen molar-refractivity contribution in [2.24, 2.45) is 0 Å². The van der Waals surface area contributed by atoms with Crippen LogP contribution >= 0.6 is 11.3 Å². The zero-order chi connectivity index (χ0) is 24.7. The van der Waals surface area contributed by atoms with Crippen LogP contribution in [0.3, 0.4) is 0 Å². The Bertz CT molecular complexity index is 1410. The number of carbonyl (C=O) groups is 1. The van der Waals surface area contributed by atoms with E-state index in [4.69, 9.17) is 0 Å². The first-order valence-corrected chi connectivity index (χ1v) is 13.6. The number of aryl methyl sites for hydroxylation is 1. The maximum atomic E-state index is 13.5. The van der Waals surface area contributed by atoms with Crippen LogP contribution in [0.2, 0.25) is 0 Å². The number of rotatable bonds is 4. The SMILES string of the molecule is Cc1cc(-c2n[nH]c3c2CN(C(=O)NC2(C)CCCN(Cc4csc5ccccc45)C2)CC3)ccn1. The number of nitrogens with one attached hydrogen (secondary N) is 2. The molecule has 186 valence electrons. The molecule has 4 aromatic rings. The third-order valence-electron chi connectivity index (χ3n) is 7.53. The quantitative estimate of drug-likeness (QED) is 0.408. The van der Waals surface area contributed by atoms with Crippen molar-refractivity contribution in [1.82, 2.24) is 30.3 Å². The summed E-state index contributed by atoms with van der Waals surface area (Å²) in [6.45, 7) is 8.28. The third-order valence-corrected chi connectivity index (χ3v) is 8.54. The lowest BCUT2D eigenvalue weighted by atomic mass is 9.90. The number of amides is 2. The van der Waals surface area contributed by atoms with Crippen molar-refractivity contribution >= 4 is 27.5 Å². The van der Waals surface area contributed by atoms with E-state index < -0.39 is 0 Å². The molecule has 2 amide bonds. The highest BCUT2D eigenvalue weighted by atomic mass is 32.1. The summed E-state index contributed by atoms with van der Waals surface area (Å²) in [6, 6.07) is 12.7. The zero-order valence-corrected chi connectivity index (χ0v) is 21.7.